The van der Waals surface area contributed by atoms with Crippen molar-refractivity contribution in [1.29, 1.82) is 0 Å². The lowest BCUT2D eigenvalue weighted by Gasteiger charge is -2.38. The van der Waals surface area contributed by atoms with Gasteiger partial charge in [0.1, 0.15) is 5.54 Å². The van der Waals surface area contributed by atoms with Crippen molar-refractivity contribution in [3.05, 3.63) is 0 Å². The normalized spacial score (nSPS) is 13.0. The fraction of sp³-hybridized carbons (Fsp3) is 0.833. The van der Waals surface area contributed by atoms with Gasteiger partial charge < -0.3 is 19.6 Å². The number of carboxylic acid groups (broad SMARTS) is 1. The van der Waals surface area contributed by atoms with Gasteiger partial charge in [-0.05, 0) is 27.7 Å². The number of methoxy groups -OCH3 is 1. The van der Waals surface area contributed by atoms with Crippen LogP contribution in [-0.4, -0.2) is 65.8 Å². The first-order valence-corrected chi connectivity index (χ1v) is 5.96. The molecule has 0 saturated carbocycles. The van der Waals surface area contributed by atoms with E-state index in [1.807, 2.05) is 6.92 Å². The highest BCUT2D eigenvalue weighted by atomic mass is 16.5. The summed E-state index contributed by atoms with van der Waals surface area (Å²) in [5, 5.41) is 9.18. The van der Waals surface area contributed by atoms with E-state index in [0.717, 1.165) is 0 Å². The van der Waals surface area contributed by atoms with Gasteiger partial charge in [-0.1, -0.05) is 0 Å². The first kappa shape index (κ1) is 16.7. The molecule has 18 heavy (non-hydrogen) atoms. The van der Waals surface area contributed by atoms with Gasteiger partial charge in [0.15, 0.2) is 0 Å². The number of aliphatic carboxylic acids is 1. The molecule has 1 unspecified atom stereocenters. The van der Waals surface area contributed by atoms with Crippen molar-refractivity contribution in [3.63, 3.8) is 0 Å². The van der Waals surface area contributed by atoms with Gasteiger partial charge in [0, 0.05) is 20.7 Å². The topological polar surface area (TPSA) is 70.1 Å². The molecule has 0 spiro atoms. The van der Waals surface area contributed by atoms with Gasteiger partial charge in [0.05, 0.1) is 12.6 Å². The third-order valence-electron chi connectivity index (χ3n) is 3.12. The van der Waals surface area contributed by atoms with Crippen LogP contribution in [0.2, 0.25) is 0 Å². The zero-order valence-corrected chi connectivity index (χ0v) is 12.1. The lowest BCUT2D eigenvalue weighted by atomic mass is 10.0. The number of carbonyl (C=O) groups excluding carboxylic acids is 1. The van der Waals surface area contributed by atoms with Crippen molar-refractivity contribution in [2.75, 3.05) is 27.3 Å². The molecule has 0 fully saturated rings. The molecule has 0 bridgehead atoms. The van der Waals surface area contributed by atoms with E-state index in [2.05, 4.69) is 0 Å². The van der Waals surface area contributed by atoms with Crippen LogP contribution in [0.4, 0.5) is 4.79 Å². The van der Waals surface area contributed by atoms with Gasteiger partial charge in [-0.2, -0.15) is 0 Å². The Morgan fingerprint density at radius 2 is 1.89 bits per heavy atom. The third kappa shape index (κ3) is 3.60. The predicted octanol–water partition coefficient (Wildman–Crippen LogP) is 1.26. The second-order valence-electron chi connectivity index (χ2n) is 4.81. The van der Waals surface area contributed by atoms with Crippen LogP contribution in [-0.2, 0) is 9.53 Å². The zero-order chi connectivity index (χ0) is 14.5. The van der Waals surface area contributed by atoms with Crippen LogP contribution in [0, 0.1) is 0 Å². The van der Waals surface area contributed by atoms with Crippen molar-refractivity contribution >= 4 is 12.0 Å². The van der Waals surface area contributed by atoms with Gasteiger partial charge in [-0.3, -0.25) is 0 Å². The number of hydrogen-bond acceptors (Lipinski definition) is 3. The Bertz CT molecular complexity index is 304. The Balaban J connectivity index is 4.97. The van der Waals surface area contributed by atoms with Gasteiger partial charge in [-0.15, -0.1) is 0 Å². The zero-order valence-electron chi connectivity index (χ0n) is 12.1. The van der Waals surface area contributed by atoms with Crippen molar-refractivity contribution in [3.8, 4) is 0 Å². The molecule has 106 valence electrons. The largest absolute Gasteiger partial charge is 0.480 e. The van der Waals surface area contributed by atoms with Crippen molar-refractivity contribution in [1.82, 2.24) is 9.80 Å². The molecule has 0 aromatic heterocycles. The number of hydrogen-bond donors (Lipinski definition) is 1. The minimum atomic E-state index is -1.23. The Kier molecular flexibility index (Phi) is 6.11. The van der Waals surface area contributed by atoms with Crippen LogP contribution in [0.1, 0.15) is 27.7 Å². The molecule has 0 saturated heterocycles. The summed E-state index contributed by atoms with van der Waals surface area (Å²) in [5.74, 6) is -1.02. The summed E-state index contributed by atoms with van der Waals surface area (Å²) in [7, 11) is 3.21. The molecule has 0 aromatic carbocycles. The van der Waals surface area contributed by atoms with E-state index in [-0.39, 0.29) is 12.1 Å². The quantitative estimate of drug-likeness (QED) is 0.780. The maximum atomic E-state index is 12.3. The van der Waals surface area contributed by atoms with E-state index in [1.165, 1.54) is 23.6 Å². The lowest BCUT2D eigenvalue weighted by Crippen LogP contribution is -2.57. The number of carboxylic acids is 1. The molecule has 0 aliphatic rings. The summed E-state index contributed by atoms with van der Waals surface area (Å²) in [6, 6.07) is -0.421. The average Bonchev–Trinajstić information content (AvgIpc) is 2.28. The maximum Gasteiger partial charge on any atom is 0.329 e. The first-order valence-electron chi connectivity index (χ1n) is 5.96. The summed E-state index contributed by atoms with van der Waals surface area (Å²) in [6.45, 7) is 7.40. The van der Waals surface area contributed by atoms with E-state index < -0.39 is 11.5 Å². The Hall–Kier alpha value is -1.30. The number of urea groups is 1. The summed E-state index contributed by atoms with van der Waals surface area (Å²) in [4.78, 5) is 26.3. The fourth-order valence-corrected chi connectivity index (χ4v) is 1.62. The van der Waals surface area contributed by atoms with E-state index >= 15 is 0 Å². The standard InChI is InChI=1S/C12H24N2O4/c1-7-14(12(3,4)10(15)16)11(17)13(5)9(2)8-18-6/h9H,7-8H2,1-6H3,(H,15,16). The molecule has 0 aliphatic carbocycles. The van der Waals surface area contributed by atoms with Crippen LogP contribution in [0.25, 0.3) is 0 Å². The first-order chi connectivity index (χ1) is 8.19. The van der Waals surface area contributed by atoms with E-state index in [0.29, 0.717) is 13.2 Å². The van der Waals surface area contributed by atoms with Gasteiger partial charge >= 0.3 is 12.0 Å². The summed E-state index contributed by atoms with van der Waals surface area (Å²) in [5.41, 5.74) is -1.23. The third-order valence-corrected chi connectivity index (χ3v) is 3.12. The fourth-order valence-electron chi connectivity index (χ4n) is 1.62. The minimum Gasteiger partial charge on any atom is -0.480 e. The maximum absolute atomic E-state index is 12.3. The van der Waals surface area contributed by atoms with Crippen molar-refractivity contribution < 1.29 is 19.4 Å². The van der Waals surface area contributed by atoms with E-state index in [9.17, 15) is 14.7 Å². The average molecular weight is 260 g/mol. The van der Waals surface area contributed by atoms with Crippen LogP contribution in [0.3, 0.4) is 0 Å². The molecular formula is C12H24N2O4. The lowest BCUT2D eigenvalue weighted by molar-refractivity contribution is -0.147. The monoisotopic (exact) mass is 260 g/mol. The molecule has 0 aliphatic heterocycles. The number of ether oxygens (including phenoxy) is 1. The molecule has 6 nitrogen and oxygen atoms in total. The highest BCUT2D eigenvalue weighted by molar-refractivity contribution is 5.85. The highest BCUT2D eigenvalue weighted by Crippen LogP contribution is 2.17. The van der Waals surface area contributed by atoms with Crippen molar-refractivity contribution in [2.45, 2.75) is 39.3 Å². The van der Waals surface area contributed by atoms with Gasteiger partial charge in [0.25, 0.3) is 0 Å². The highest BCUT2D eigenvalue weighted by Gasteiger charge is 2.38. The van der Waals surface area contributed by atoms with Crippen LogP contribution in [0.5, 0.6) is 0 Å². The van der Waals surface area contributed by atoms with Crippen LogP contribution in [0.15, 0.2) is 0 Å². The van der Waals surface area contributed by atoms with E-state index in [1.54, 1.807) is 21.1 Å². The number of nitrogens with zero attached hydrogens (tertiary/aromatic N) is 2. The minimum absolute atomic E-state index is 0.110. The number of likely N-dealkylation sites (N-methyl/N-ethyl adjacent to an activating group) is 2. The Morgan fingerprint density at radius 3 is 2.22 bits per heavy atom. The van der Waals surface area contributed by atoms with Gasteiger partial charge in [-0.25, -0.2) is 9.59 Å². The second kappa shape index (κ2) is 6.58. The molecule has 1 atom stereocenters. The SMILES string of the molecule is CCN(C(=O)N(C)C(C)COC)C(C)(C)C(=O)O. The summed E-state index contributed by atoms with van der Waals surface area (Å²) < 4.78 is 4.99. The molecule has 1 N–H and O–H groups in total. The van der Waals surface area contributed by atoms with Crippen molar-refractivity contribution in [2.24, 2.45) is 0 Å². The summed E-state index contributed by atoms with van der Waals surface area (Å²) in [6.07, 6.45) is 0. The predicted molar refractivity (Wildman–Crippen MR) is 68.6 cm³/mol. The Morgan fingerprint density at radius 1 is 1.39 bits per heavy atom. The number of rotatable bonds is 6. The van der Waals surface area contributed by atoms with Gasteiger partial charge in [0.2, 0.25) is 0 Å². The Labute approximate surface area is 109 Å². The molecule has 0 radical (unpaired) electrons. The van der Waals surface area contributed by atoms with E-state index in [4.69, 9.17) is 4.74 Å². The molecule has 0 heterocycles. The number of carbonyl (C=O) groups is 2. The molecule has 2 amide bonds. The van der Waals surface area contributed by atoms with Crippen LogP contribution < -0.4 is 0 Å². The van der Waals surface area contributed by atoms with Crippen LogP contribution >= 0.6 is 0 Å². The molecule has 0 rings (SSSR count). The number of amides is 2. The molecular weight excluding hydrogens is 236 g/mol. The molecule has 6 heteroatoms. The smallest absolute Gasteiger partial charge is 0.329 e. The second-order valence-corrected chi connectivity index (χ2v) is 4.81. The molecule has 0 aromatic rings. The summed E-state index contributed by atoms with van der Waals surface area (Å²) >= 11 is 0.